The molecule has 0 unspecified atom stereocenters. The number of amides is 2. The summed E-state index contributed by atoms with van der Waals surface area (Å²) in [5, 5.41) is 1.03. The SMILES string of the molecule is Cc1cc(C(=O)N(c2ccccc2)c2ccc3[nH]ccc3c2)cn1-c1ccccc1C(=O)N1Cc2ccccc2C[C@H]1CN(C)C. The van der Waals surface area contributed by atoms with E-state index in [4.69, 9.17) is 0 Å². The highest BCUT2D eigenvalue weighted by Crippen LogP contribution is 2.32. The summed E-state index contributed by atoms with van der Waals surface area (Å²) in [5.74, 6) is -0.158. The zero-order valence-electron chi connectivity index (χ0n) is 26.4. The molecule has 1 atom stereocenters. The van der Waals surface area contributed by atoms with Gasteiger partial charge in [-0.05, 0) is 93.2 Å². The molecule has 2 amide bonds. The molecule has 0 radical (unpaired) electrons. The first kappa shape index (κ1) is 29.3. The molecule has 0 fully saturated rings. The van der Waals surface area contributed by atoms with Crippen LogP contribution < -0.4 is 4.90 Å². The fraction of sp³-hybridized carbons (Fsp3) is 0.179. The summed E-state index contributed by atoms with van der Waals surface area (Å²) >= 11 is 0. The molecule has 7 rings (SSSR count). The van der Waals surface area contributed by atoms with E-state index in [1.165, 1.54) is 11.1 Å². The number of H-pyrrole nitrogens is 1. The van der Waals surface area contributed by atoms with Gasteiger partial charge in [0.2, 0.25) is 0 Å². The zero-order chi connectivity index (χ0) is 31.8. The summed E-state index contributed by atoms with van der Waals surface area (Å²) < 4.78 is 1.97. The Bertz CT molecular complexity index is 2040. The van der Waals surface area contributed by atoms with Gasteiger partial charge in [-0.2, -0.15) is 0 Å². The number of hydrogen-bond donors (Lipinski definition) is 1. The average Bonchev–Trinajstić information content (AvgIpc) is 3.70. The number of fused-ring (bicyclic) bond motifs is 2. The number of aromatic amines is 1. The van der Waals surface area contributed by atoms with Gasteiger partial charge in [-0.3, -0.25) is 14.5 Å². The van der Waals surface area contributed by atoms with Gasteiger partial charge in [0.25, 0.3) is 11.8 Å². The Morgan fingerprint density at radius 2 is 1.57 bits per heavy atom. The molecule has 0 bridgehead atoms. The number of aryl methyl sites for hydroxylation is 1. The van der Waals surface area contributed by atoms with E-state index in [1.807, 2.05) is 134 Å². The first-order chi connectivity index (χ1) is 22.4. The Labute approximate surface area is 269 Å². The van der Waals surface area contributed by atoms with E-state index in [1.54, 1.807) is 4.90 Å². The number of likely N-dealkylation sites (N-methyl/N-ethyl adjacent to an activating group) is 1. The van der Waals surface area contributed by atoms with E-state index in [-0.39, 0.29) is 17.9 Å². The number of hydrogen-bond acceptors (Lipinski definition) is 3. The fourth-order valence-corrected chi connectivity index (χ4v) is 6.65. The van der Waals surface area contributed by atoms with Crippen LogP contribution >= 0.6 is 0 Å². The van der Waals surface area contributed by atoms with Crippen molar-refractivity contribution >= 4 is 34.1 Å². The summed E-state index contributed by atoms with van der Waals surface area (Å²) in [6.45, 7) is 3.31. The lowest BCUT2D eigenvalue weighted by atomic mass is 9.93. The highest BCUT2D eigenvalue weighted by atomic mass is 16.2. The third-order valence-corrected chi connectivity index (χ3v) is 8.86. The van der Waals surface area contributed by atoms with Crippen LogP contribution in [-0.4, -0.2) is 57.8 Å². The predicted octanol–water partition coefficient (Wildman–Crippen LogP) is 7.37. The van der Waals surface area contributed by atoms with Crippen LogP contribution in [0.1, 0.15) is 37.5 Å². The molecular formula is C39H37N5O2. The third-order valence-electron chi connectivity index (χ3n) is 8.86. The summed E-state index contributed by atoms with van der Waals surface area (Å²) in [7, 11) is 4.10. The largest absolute Gasteiger partial charge is 0.361 e. The number of para-hydroxylation sites is 2. The number of benzene rings is 4. The Kier molecular flexibility index (Phi) is 7.76. The molecular weight excluding hydrogens is 570 g/mol. The molecule has 46 heavy (non-hydrogen) atoms. The van der Waals surface area contributed by atoms with Crippen molar-refractivity contribution < 1.29 is 9.59 Å². The summed E-state index contributed by atoms with van der Waals surface area (Å²) in [4.78, 5) is 37.9. The van der Waals surface area contributed by atoms with Gasteiger partial charge in [-0.15, -0.1) is 0 Å². The van der Waals surface area contributed by atoms with Gasteiger partial charge in [-0.1, -0.05) is 54.6 Å². The van der Waals surface area contributed by atoms with E-state index in [9.17, 15) is 9.59 Å². The molecule has 0 saturated carbocycles. The minimum absolute atomic E-state index is 0.0105. The average molecular weight is 608 g/mol. The number of carbonyl (C=O) groups excluding carboxylic acids is 2. The van der Waals surface area contributed by atoms with Crippen LogP contribution in [0.4, 0.5) is 11.4 Å². The summed E-state index contributed by atoms with van der Waals surface area (Å²) in [6, 6.07) is 35.7. The minimum atomic E-state index is -0.148. The van der Waals surface area contributed by atoms with Crippen molar-refractivity contribution in [2.45, 2.75) is 25.9 Å². The van der Waals surface area contributed by atoms with Gasteiger partial charge in [0, 0.05) is 59.5 Å². The van der Waals surface area contributed by atoms with Crippen molar-refractivity contribution in [1.82, 2.24) is 19.4 Å². The quantitative estimate of drug-likeness (QED) is 0.206. The lowest BCUT2D eigenvalue weighted by molar-refractivity contribution is 0.0606. The number of rotatable bonds is 7. The van der Waals surface area contributed by atoms with Crippen molar-refractivity contribution in [1.29, 1.82) is 0 Å². The maximum Gasteiger partial charge on any atom is 0.264 e. The van der Waals surface area contributed by atoms with E-state index < -0.39 is 0 Å². The van der Waals surface area contributed by atoms with E-state index in [0.29, 0.717) is 17.7 Å². The predicted molar refractivity (Wildman–Crippen MR) is 184 cm³/mol. The van der Waals surface area contributed by atoms with Crippen LogP contribution in [-0.2, 0) is 13.0 Å². The smallest absolute Gasteiger partial charge is 0.264 e. The number of nitrogens with zero attached hydrogens (tertiary/aromatic N) is 4. The van der Waals surface area contributed by atoms with Crippen LogP contribution in [0.5, 0.6) is 0 Å². The van der Waals surface area contributed by atoms with Crippen molar-refractivity contribution in [2.75, 3.05) is 25.5 Å². The maximum atomic E-state index is 14.4. The molecule has 0 aliphatic carbocycles. The summed E-state index contributed by atoms with van der Waals surface area (Å²) in [5.41, 5.74) is 7.83. The number of anilines is 2. The first-order valence-electron chi connectivity index (χ1n) is 15.6. The van der Waals surface area contributed by atoms with Crippen LogP contribution in [0.3, 0.4) is 0 Å². The second kappa shape index (κ2) is 12.2. The topological polar surface area (TPSA) is 64.6 Å². The zero-order valence-corrected chi connectivity index (χ0v) is 26.4. The van der Waals surface area contributed by atoms with Crippen LogP contribution in [0.25, 0.3) is 16.6 Å². The van der Waals surface area contributed by atoms with Crippen LogP contribution in [0, 0.1) is 6.92 Å². The maximum absolute atomic E-state index is 14.4. The lowest BCUT2D eigenvalue weighted by Gasteiger charge is -2.38. The van der Waals surface area contributed by atoms with Crippen molar-refractivity contribution in [2.24, 2.45) is 0 Å². The van der Waals surface area contributed by atoms with E-state index in [0.717, 1.165) is 46.6 Å². The van der Waals surface area contributed by atoms with Crippen molar-refractivity contribution in [3.8, 4) is 5.69 Å². The summed E-state index contributed by atoms with van der Waals surface area (Å²) in [6.07, 6.45) is 4.57. The molecule has 3 heterocycles. The lowest BCUT2D eigenvalue weighted by Crippen LogP contribution is -2.49. The van der Waals surface area contributed by atoms with Gasteiger partial charge in [0.15, 0.2) is 0 Å². The molecule has 0 spiro atoms. The molecule has 0 saturated heterocycles. The number of nitrogens with one attached hydrogen (secondary N) is 1. The molecule has 230 valence electrons. The highest BCUT2D eigenvalue weighted by Gasteiger charge is 2.32. The normalized spacial score (nSPS) is 14.4. The van der Waals surface area contributed by atoms with E-state index >= 15 is 0 Å². The molecule has 4 aromatic carbocycles. The van der Waals surface area contributed by atoms with E-state index in [2.05, 4.69) is 28.1 Å². The Morgan fingerprint density at radius 1 is 0.826 bits per heavy atom. The van der Waals surface area contributed by atoms with Gasteiger partial charge < -0.3 is 19.4 Å². The van der Waals surface area contributed by atoms with Gasteiger partial charge in [0.05, 0.1) is 16.8 Å². The highest BCUT2D eigenvalue weighted by molar-refractivity contribution is 6.11. The molecule has 1 aliphatic rings. The Balaban J connectivity index is 1.25. The first-order valence-corrected chi connectivity index (χ1v) is 15.6. The molecule has 2 aromatic heterocycles. The second-order valence-electron chi connectivity index (χ2n) is 12.3. The van der Waals surface area contributed by atoms with Gasteiger partial charge in [-0.25, -0.2) is 0 Å². The molecule has 6 aromatic rings. The second-order valence-corrected chi connectivity index (χ2v) is 12.3. The fourth-order valence-electron chi connectivity index (χ4n) is 6.65. The van der Waals surface area contributed by atoms with Crippen LogP contribution in [0.15, 0.2) is 122 Å². The minimum Gasteiger partial charge on any atom is -0.361 e. The van der Waals surface area contributed by atoms with Crippen LogP contribution in [0.2, 0.25) is 0 Å². The Morgan fingerprint density at radius 3 is 2.37 bits per heavy atom. The standard InChI is InChI=1S/C39H37N5O2/c1-27-21-31(38(45)44(32-13-5-4-6-14-32)33-17-18-36-29(23-33)19-20-40-36)25-42(27)37-16-10-9-15-35(37)39(46)43-24-30-12-8-7-11-28(30)22-34(43)26-41(2)3/h4-21,23,25,34,40H,22,24,26H2,1-3H3/t34-/m0/s1. The monoisotopic (exact) mass is 607 g/mol. The number of carbonyl (C=O) groups is 2. The molecule has 7 nitrogen and oxygen atoms in total. The number of aromatic nitrogens is 2. The van der Waals surface area contributed by atoms with Gasteiger partial charge in [0.1, 0.15) is 0 Å². The van der Waals surface area contributed by atoms with Crippen molar-refractivity contribution in [3.05, 3.63) is 150 Å². The van der Waals surface area contributed by atoms with Crippen molar-refractivity contribution in [3.63, 3.8) is 0 Å². The molecule has 7 heteroatoms. The third kappa shape index (κ3) is 5.50. The molecule has 1 aliphatic heterocycles. The Hall–Kier alpha value is -5.40. The van der Waals surface area contributed by atoms with Gasteiger partial charge >= 0.3 is 0 Å². The molecule has 1 N–H and O–H groups in total.